The molecule has 27 heavy (non-hydrogen) atoms. The van der Waals surface area contributed by atoms with Crippen LogP contribution in [0.4, 0.5) is 10.5 Å². The lowest BCUT2D eigenvalue weighted by atomic mass is 10.1. The summed E-state index contributed by atoms with van der Waals surface area (Å²) in [6.07, 6.45) is 0. The first-order valence-corrected chi connectivity index (χ1v) is 11.1. The lowest BCUT2D eigenvalue weighted by Crippen LogP contribution is -2.38. The molecule has 0 unspecified atom stereocenters. The molecule has 0 aliphatic carbocycles. The van der Waals surface area contributed by atoms with Gasteiger partial charge in [0, 0.05) is 17.3 Å². The van der Waals surface area contributed by atoms with E-state index < -0.39 is 9.84 Å². The number of amides is 2. The van der Waals surface area contributed by atoms with Gasteiger partial charge in [0.25, 0.3) is 0 Å². The number of hydrogen-bond donors (Lipinski definition) is 0. The van der Waals surface area contributed by atoms with Gasteiger partial charge in [0.2, 0.25) is 0 Å². The fraction of sp³-hybridized carbons (Fsp3) is 0.350. The van der Waals surface area contributed by atoms with E-state index in [0.29, 0.717) is 11.6 Å². The third-order valence-corrected chi connectivity index (χ3v) is 7.32. The predicted octanol–water partition coefficient (Wildman–Crippen LogP) is 3.56. The number of urea groups is 1. The Morgan fingerprint density at radius 3 is 2.41 bits per heavy atom. The molecule has 0 radical (unpaired) electrons. The number of halogens is 1. The fourth-order valence-electron chi connectivity index (χ4n) is 4.01. The highest BCUT2D eigenvalue weighted by Gasteiger charge is 2.54. The molecule has 0 N–H and O–H groups in total. The first kappa shape index (κ1) is 18.3. The van der Waals surface area contributed by atoms with E-state index in [1.165, 1.54) is 0 Å². The molecule has 2 aromatic carbocycles. The summed E-state index contributed by atoms with van der Waals surface area (Å²) in [6.45, 7) is 4.29. The van der Waals surface area contributed by atoms with Crippen molar-refractivity contribution >= 4 is 33.2 Å². The van der Waals surface area contributed by atoms with Gasteiger partial charge >= 0.3 is 6.03 Å². The molecule has 5 nitrogen and oxygen atoms in total. The highest BCUT2D eigenvalue weighted by molar-refractivity contribution is 7.91. The van der Waals surface area contributed by atoms with Gasteiger partial charge in [-0.15, -0.1) is 0 Å². The number of fused-ring (bicyclic) bond motifs is 1. The van der Waals surface area contributed by atoms with Crippen LogP contribution in [0.1, 0.15) is 16.7 Å². The molecular weight excluding hydrogens is 384 g/mol. The van der Waals surface area contributed by atoms with Crippen LogP contribution in [0, 0.1) is 13.8 Å². The largest absolute Gasteiger partial charge is 0.325 e. The van der Waals surface area contributed by atoms with Crippen LogP contribution < -0.4 is 4.90 Å². The standard InChI is InChI=1S/C20H21ClN2O3S/c1-13-3-4-14(2)17(9-13)23-19-12-27(25,26)11-18(19)22(20(23)24)10-15-5-7-16(21)8-6-15/h3-9,18-19H,10-12H2,1-2H3/t18-,19-/m1/s1. The van der Waals surface area contributed by atoms with Crippen LogP contribution in [-0.2, 0) is 16.4 Å². The van der Waals surface area contributed by atoms with Gasteiger partial charge in [-0.3, -0.25) is 4.90 Å². The van der Waals surface area contributed by atoms with E-state index in [4.69, 9.17) is 11.6 Å². The molecule has 2 fully saturated rings. The maximum absolute atomic E-state index is 13.3. The molecule has 2 aliphatic heterocycles. The number of benzene rings is 2. The van der Waals surface area contributed by atoms with E-state index in [-0.39, 0.29) is 29.6 Å². The minimum absolute atomic E-state index is 0.00784. The topological polar surface area (TPSA) is 57.7 Å². The maximum Gasteiger partial charge on any atom is 0.325 e. The zero-order chi connectivity index (χ0) is 19.3. The summed E-state index contributed by atoms with van der Waals surface area (Å²) in [7, 11) is -3.18. The van der Waals surface area contributed by atoms with Gasteiger partial charge in [0.05, 0.1) is 23.6 Å². The number of aryl methyl sites for hydroxylation is 2. The quantitative estimate of drug-likeness (QED) is 0.735. The van der Waals surface area contributed by atoms with Crippen molar-refractivity contribution in [3.05, 3.63) is 64.2 Å². The van der Waals surface area contributed by atoms with Crippen molar-refractivity contribution in [1.29, 1.82) is 0 Å². The van der Waals surface area contributed by atoms with Crippen LogP contribution >= 0.6 is 11.6 Å². The second-order valence-electron chi connectivity index (χ2n) is 7.41. The van der Waals surface area contributed by atoms with Gasteiger partial charge < -0.3 is 4.90 Å². The zero-order valence-electron chi connectivity index (χ0n) is 15.2. The molecule has 142 valence electrons. The van der Waals surface area contributed by atoms with Crippen molar-refractivity contribution in [1.82, 2.24) is 4.90 Å². The third-order valence-electron chi connectivity index (χ3n) is 5.37. The number of rotatable bonds is 3. The van der Waals surface area contributed by atoms with Crippen LogP contribution in [0.5, 0.6) is 0 Å². The van der Waals surface area contributed by atoms with Gasteiger partial charge in [-0.1, -0.05) is 35.9 Å². The van der Waals surface area contributed by atoms with Gasteiger partial charge in [-0.2, -0.15) is 0 Å². The summed E-state index contributed by atoms with van der Waals surface area (Å²) in [5, 5.41) is 0.629. The molecule has 2 heterocycles. The number of hydrogen-bond acceptors (Lipinski definition) is 3. The highest BCUT2D eigenvalue weighted by atomic mass is 35.5. The molecule has 2 saturated heterocycles. The average Bonchev–Trinajstić information content (AvgIpc) is 3.03. The Morgan fingerprint density at radius 1 is 1.04 bits per heavy atom. The van der Waals surface area contributed by atoms with E-state index >= 15 is 0 Å². The van der Waals surface area contributed by atoms with Crippen LogP contribution in [0.25, 0.3) is 0 Å². The highest BCUT2D eigenvalue weighted by Crippen LogP contribution is 2.37. The van der Waals surface area contributed by atoms with Crippen LogP contribution in [0.2, 0.25) is 5.02 Å². The molecule has 0 spiro atoms. The number of sulfone groups is 1. The van der Waals surface area contributed by atoms with E-state index in [2.05, 4.69) is 0 Å². The second-order valence-corrected chi connectivity index (χ2v) is 10.00. The summed E-state index contributed by atoms with van der Waals surface area (Å²) >= 11 is 5.95. The predicted molar refractivity (Wildman–Crippen MR) is 107 cm³/mol. The molecule has 7 heteroatoms. The lowest BCUT2D eigenvalue weighted by Gasteiger charge is -2.24. The molecule has 0 aromatic heterocycles. The van der Waals surface area contributed by atoms with Crippen molar-refractivity contribution < 1.29 is 13.2 Å². The molecule has 2 amide bonds. The Morgan fingerprint density at radius 2 is 1.70 bits per heavy atom. The van der Waals surface area contributed by atoms with Crippen molar-refractivity contribution in [2.75, 3.05) is 16.4 Å². The fourth-order valence-corrected chi connectivity index (χ4v) is 6.09. The minimum atomic E-state index is -3.18. The van der Waals surface area contributed by atoms with Crippen LogP contribution in [0.3, 0.4) is 0 Å². The Hall–Kier alpha value is -2.05. The summed E-state index contributed by atoms with van der Waals surface area (Å²) in [4.78, 5) is 16.7. The van der Waals surface area contributed by atoms with Crippen LogP contribution in [0.15, 0.2) is 42.5 Å². The lowest BCUT2D eigenvalue weighted by molar-refractivity contribution is 0.206. The number of anilines is 1. The first-order valence-electron chi connectivity index (χ1n) is 8.87. The molecule has 4 rings (SSSR count). The minimum Gasteiger partial charge on any atom is -0.314 e. The Kier molecular flexibility index (Phi) is 4.43. The molecule has 2 atom stereocenters. The Labute approximate surface area is 164 Å². The van der Waals surface area contributed by atoms with E-state index in [9.17, 15) is 13.2 Å². The second kappa shape index (κ2) is 6.53. The summed E-state index contributed by atoms with van der Waals surface area (Å²) in [5.41, 5.74) is 3.73. The van der Waals surface area contributed by atoms with Gasteiger partial charge in [0.15, 0.2) is 9.84 Å². The molecule has 2 aromatic rings. The van der Waals surface area contributed by atoms with Crippen LogP contribution in [-0.4, -0.2) is 42.9 Å². The number of carbonyl (C=O) groups excluding carboxylic acids is 1. The number of nitrogens with zero attached hydrogens (tertiary/aromatic N) is 2. The molecule has 0 bridgehead atoms. The van der Waals surface area contributed by atoms with Crippen molar-refractivity contribution in [3.8, 4) is 0 Å². The van der Waals surface area contributed by atoms with Gasteiger partial charge in [0.1, 0.15) is 0 Å². The maximum atomic E-state index is 13.3. The van der Waals surface area contributed by atoms with E-state index in [1.807, 2.05) is 44.2 Å². The SMILES string of the molecule is Cc1ccc(C)c(N2C(=O)N(Cc3ccc(Cl)cc3)[C@@H]3CS(=O)(=O)C[C@H]32)c1. The van der Waals surface area contributed by atoms with Gasteiger partial charge in [-0.05, 0) is 48.7 Å². The van der Waals surface area contributed by atoms with Crippen molar-refractivity contribution in [2.45, 2.75) is 32.5 Å². The number of carbonyl (C=O) groups is 1. The van der Waals surface area contributed by atoms with Crippen molar-refractivity contribution in [2.24, 2.45) is 0 Å². The first-order chi connectivity index (χ1) is 12.7. The summed E-state index contributed by atoms with van der Waals surface area (Å²) < 4.78 is 24.7. The molecule has 2 aliphatic rings. The third kappa shape index (κ3) is 3.32. The molecule has 0 saturated carbocycles. The Balaban J connectivity index is 1.73. The smallest absolute Gasteiger partial charge is 0.314 e. The van der Waals surface area contributed by atoms with Crippen molar-refractivity contribution in [3.63, 3.8) is 0 Å². The van der Waals surface area contributed by atoms with E-state index in [1.54, 1.807) is 21.9 Å². The summed E-state index contributed by atoms with van der Waals surface area (Å²) in [6, 6.07) is 12.4. The normalized spacial score (nSPS) is 23.7. The average molecular weight is 405 g/mol. The molecular formula is C20H21ClN2O3S. The van der Waals surface area contributed by atoms with E-state index in [0.717, 1.165) is 22.4 Å². The van der Waals surface area contributed by atoms with Gasteiger partial charge in [-0.25, -0.2) is 13.2 Å². The zero-order valence-corrected chi connectivity index (χ0v) is 16.8. The summed E-state index contributed by atoms with van der Waals surface area (Å²) in [5.74, 6) is 0.0201. The Bertz CT molecular complexity index is 1000. The monoisotopic (exact) mass is 404 g/mol.